The average Bonchev–Trinajstić information content (AvgIpc) is 3.33. The van der Waals surface area contributed by atoms with Crippen LogP contribution in [-0.2, 0) is 11.2 Å². The molecule has 2 aromatic rings. The summed E-state index contributed by atoms with van der Waals surface area (Å²) < 4.78 is 7.68. The molecule has 0 bridgehead atoms. The summed E-state index contributed by atoms with van der Waals surface area (Å²) in [6.45, 7) is 3.44. The number of guanidine groups is 1. The van der Waals surface area contributed by atoms with Gasteiger partial charge in [-0.3, -0.25) is 4.99 Å². The van der Waals surface area contributed by atoms with Crippen molar-refractivity contribution in [1.82, 2.24) is 20.0 Å². The highest BCUT2D eigenvalue weighted by Crippen LogP contribution is 2.28. The molecule has 0 atom stereocenters. The number of nitrogens with one attached hydrogen (secondary N) is 2. The van der Waals surface area contributed by atoms with Gasteiger partial charge in [-0.1, -0.05) is 6.07 Å². The molecule has 0 amide bonds. The highest BCUT2D eigenvalue weighted by Gasteiger charge is 2.20. The Bertz CT molecular complexity index is 635. The molecule has 3 rings (SSSR count). The molecule has 0 unspecified atom stereocenters. The summed E-state index contributed by atoms with van der Waals surface area (Å²) in [5, 5.41) is 6.65. The molecule has 6 nitrogen and oxygen atoms in total. The fourth-order valence-corrected chi connectivity index (χ4v) is 2.55. The molecule has 2 N–H and O–H groups in total. The highest BCUT2D eigenvalue weighted by molar-refractivity contribution is 14.0. The van der Waals surface area contributed by atoms with Crippen LogP contribution in [0.2, 0.25) is 0 Å². The molecule has 25 heavy (non-hydrogen) atoms. The van der Waals surface area contributed by atoms with Crippen LogP contribution in [0.15, 0.2) is 35.6 Å². The first-order valence-corrected chi connectivity index (χ1v) is 8.80. The van der Waals surface area contributed by atoms with Crippen LogP contribution in [0, 0.1) is 5.92 Å². The Kier molecular flexibility index (Phi) is 8.47. The molecular formula is C18H28IN5O. The summed E-state index contributed by atoms with van der Waals surface area (Å²) in [7, 11) is 1.80. The van der Waals surface area contributed by atoms with Gasteiger partial charge in [0.25, 0.3) is 0 Å². The Labute approximate surface area is 166 Å². The number of aliphatic imine (C=N–C) groups is 1. The van der Waals surface area contributed by atoms with Crippen molar-refractivity contribution in [3.63, 3.8) is 0 Å². The Balaban J connectivity index is 0.00000225. The van der Waals surface area contributed by atoms with Crippen molar-refractivity contribution in [2.45, 2.75) is 25.7 Å². The van der Waals surface area contributed by atoms with Gasteiger partial charge in [-0.2, -0.15) is 0 Å². The number of imidazole rings is 1. The summed E-state index contributed by atoms with van der Waals surface area (Å²) in [6.07, 6.45) is 8.66. The third kappa shape index (κ3) is 6.81. The highest BCUT2D eigenvalue weighted by atomic mass is 127. The summed E-state index contributed by atoms with van der Waals surface area (Å²) in [4.78, 5) is 8.84. The lowest BCUT2D eigenvalue weighted by Gasteiger charge is -2.11. The number of nitrogens with zero attached hydrogens (tertiary/aromatic N) is 3. The monoisotopic (exact) mass is 457 g/mol. The summed E-state index contributed by atoms with van der Waals surface area (Å²) in [5.41, 5.74) is 2.07. The van der Waals surface area contributed by atoms with E-state index >= 15 is 0 Å². The zero-order chi connectivity index (χ0) is 16.6. The topological polar surface area (TPSA) is 63.0 Å². The van der Waals surface area contributed by atoms with E-state index in [1.165, 1.54) is 12.8 Å². The SMILES string of the molecule is CN=C(NCCCOCC1CC1)NCCc1cn2ccccc2n1.I. The quantitative estimate of drug-likeness (QED) is 0.263. The van der Waals surface area contributed by atoms with Crippen LogP contribution < -0.4 is 10.6 Å². The van der Waals surface area contributed by atoms with Crippen molar-refractivity contribution in [2.75, 3.05) is 33.4 Å². The minimum absolute atomic E-state index is 0. The Morgan fingerprint density at radius 1 is 1.32 bits per heavy atom. The van der Waals surface area contributed by atoms with Gasteiger partial charge in [0.05, 0.1) is 5.69 Å². The predicted octanol–water partition coefficient (Wildman–Crippen LogP) is 2.48. The van der Waals surface area contributed by atoms with E-state index in [-0.39, 0.29) is 24.0 Å². The molecule has 1 fully saturated rings. The first-order chi connectivity index (χ1) is 11.8. The van der Waals surface area contributed by atoms with Gasteiger partial charge >= 0.3 is 0 Å². The second kappa shape index (κ2) is 10.6. The lowest BCUT2D eigenvalue weighted by Crippen LogP contribution is -2.39. The first-order valence-electron chi connectivity index (χ1n) is 8.80. The predicted molar refractivity (Wildman–Crippen MR) is 112 cm³/mol. The van der Waals surface area contributed by atoms with Crippen LogP contribution in [0.1, 0.15) is 25.0 Å². The molecule has 1 saturated carbocycles. The van der Waals surface area contributed by atoms with Crippen LogP contribution in [0.4, 0.5) is 0 Å². The molecule has 1 aliphatic rings. The van der Waals surface area contributed by atoms with Gasteiger partial charge < -0.3 is 19.8 Å². The van der Waals surface area contributed by atoms with Crippen LogP contribution in [0.25, 0.3) is 5.65 Å². The van der Waals surface area contributed by atoms with E-state index in [2.05, 4.69) is 26.8 Å². The second-order valence-electron chi connectivity index (χ2n) is 6.25. The molecular weight excluding hydrogens is 429 g/mol. The lowest BCUT2D eigenvalue weighted by molar-refractivity contribution is 0.123. The average molecular weight is 457 g/mol. The Morgan fingerprint density at radius 3 is 2.92 bits per heavy atom. The molecule has 2 heterocycles. The van der Waals surface area contributed by atoms with E-state index in [0.717, 1.165) is 62.4 Å². The van der Waals surface area contributed by atoms with Gasteiger partial charge in [0.15, 0.2) is 5.96 Å². The maximum Gasteiger partial charge on any atom is 0.190 e. The number of fused-ring (bicyclic) bond motifs is 1. The Hall–Kier alpha value is -1.35. The van der Waals surface area contributed by atoms with Crippen LogP contribution in [0.5, 0.6) is 0 Å². The van der Waals surface area contributed by atoms with Crippen molar-refractivity contribution in [3.05, 3.63) is 36.3 Å². The van der Waals surface area contributed by atoms with Crippen molar-refractivity contribution in [1.29, 1.82) is 0 Å². The number of rotatable bonds is 9. The molecule has 7 heteroatoms. The number of aromatic nitrogens is 2. The van der Waals surface area contributed by atoms with Gasteiger partial charge in [0, 0.05) is 52.2 Å². The number of hydrogen-bond donors (Lipinski definition) is 2. The minimum Gasteiger partial charge on any atom is -0.381 e. The number of hydrogen-bond acceptors (Lipinski definition) is 3. The summed E-state index contributed by atoms with van der Waals surface area (Å²) >= 11 is 0. The molecule has 0 saturated heterocycles. The molecule has 0 aliphatic heterocycles. The van der Waals surface area contributed by atoms with Gasteiger partial charge in [0.1, 0.15) is 5.65 Å². The zero-order valence-electron chi connectivity index (χ0n) is 14.8. The van der Waals surface area contributed by atoms with Crippen molar-refractivity contribution < 1.29 is 4.74 Å². The van der Waals surface area contributed by atoms with E-state index in [1.807, 2.05) is 28.8 Å². The number of halogens is 1. The lowest BCUT2D eigenvalue weighted by atomic mass is 10.3. The molecule has 138 valence electrons. The van der Waals surface area contributed by atoms with Crippen LogP contribution in [-0.4, -0.2) is 48.7 Å². The largest absolute Gasteiger partial charge is 0.381 e. The van der Waals surface area contributed by atoms with Gasteiger partial charge in [0.2, 0.25) is 0 Å². The van der Waals surface area contributed by atoms with Crippen LogP contribution >= 0.6 is 24.0 Å². The molecule has 2 aromatic heterocycles. The molecule has 0 aromatic carbocycles. The van der Waals surface area contributed by atoms with E-state index in [1.54, 1.807) is 7.05 Å². The van der Waals surface area contributed by atoms with E-state index in [4.69, 9.17) is 4.74 Å². The summed E-state index contributed by atoms with van der Waals surface area (Å²) in [5.74, 6) is 1.67. The fourth-order valence-electron chi connectivity index (χ4n) is 2.55. The first kappa shape index (κ1) is 20.0. The van der Waals surface area contributed by atoms with Crippen molar-refractivity contribution in [2.24, 2.45) is 10.9 Å². The standard InChI is InChI=1S/C18H27N5O.HI/c1-19-18(20-9-4-12-24-14-15-6-7-15)21-10-8-16-13-23-11-3-2-5-17(23)22-16;/h2-3,5,11,13,15H,4,6-10,12,14H2,1H3,(H2,19,20,21);1H. The summed E-state index contributed by atoms with van der Waals surface area (Å²) in [6, 6.07) is 6.03. The van der Waals surface area contributed by atoms with E-state index in [9.17, 15) is 0 Å². The maximum atomic E-state index is 5.63. The third-order valence-electron chi connectivity index (χ3n) is 4.12. The van der Waals surface area contributed by atoms with E-state index in [0.29, 0.717) is 0 Å². The molecule has 0 spiro atoms. The number of ether oxygens (including phenoxy) is 1. The number of pyridine rings is 1. The smallest absolute Gasteiger partial charge is 0.190 e. The van der Waals surface area contributed by atoms with Crippen molar-refractivity contribution >= 4 is 35.6 Å². The van der Waals surface area contributed by atoms with Gasteiger partial charge in [-0.15, -0.1) is 24.0 Å². The second-order valence-corrected chi connectivity index (χ2v) is 6.25. The maximum absolute atomic E-state index is 5.63. The normalized spacial score (nSPS) is 14.4. The van der Waals surface area contributed by atoms with E-state index < -0.39 is 0 Å². The van der Waals surface area contributed by atoms with Crippen molar-refractivity contribution in [3.8, 4) is 0 Å². The minimum atomic E-state index is 0. The Morgan fingerprint density at radius 2 is 2.16 bits per heavy atom. The third-order valence-corrected chi connectivity index (χ3v) is 4.12. The fraction of sp³-hybridized carbons (Fsp3) is 0.556. The van der Waals surface area contributed by atoms with Gasteiger partial charge in [-0.25, -0.2) is 4.98 Å². The zero-order valence-corrected chi connectivity index (χ0v) is 17.1. The van der Waals surface area contributed by atoms with Gasteiger partial charge in [-0.05, 0) is 37.3 Å². The van der Waals surface area contributed by atoms with Crippen LogP contribution in [0.3, 0.4) is 0 Å². The molecule has 1 aliphatic carbocycles. The molecule has 0 radical (unpaired) electrons.